The highest BCUT2D eigenvalue weighted by Crippen LogP contribution is 2.27. The summed E-state index contributed by atoms with van der Waals surface area (Å²) in [6.07, 6.45) is 0.958. The van der Waals surface area contributed by atoms with Crippen LogP contribution in [-0.4, -0.2) is 43.6 Å². The van der Waals surface area contributed by atoms with Crippen molar-refractivity contribution in [1.82, 2.24) is 16.0 Å². The minimum atomic E-state index is -0.237. The average Bonchev–Trinajstić information content (AvgIpc) is 2.88. The minimum absolute atomic E-state index is 0. The molecule has 7 heteroatoms. The fourth-order valence-corrected chi connectivity index (χ4v) is 2.43. The average molecular weight is 446 g/mol. The maximum Gasteiger partial charge on any atom is 0.239 e. The summed E-state index contributed by atoms with van der Waals surface area (Å²) in [7, 11) is 1.68. The van der Waals surface area contributed by atoms with Crippen molar-refractivity contribution in [2.24, 2.45) is 4.99 Å². The van der Waals surface area contributed by atoms with Gasteiger partial charge in [0.25, 0.3) is 0 Å². The molecule has 0 aliphatic carbocycles. The summed E-state index contributed by atoms with van der Waals surface area (Å²) >= 11 is 0. The van der Waals surface area contributed by atoms with Gasteiger partial charge >= 0.3 is 0 Å². The van der Waals surface area contributed by atoms with Gasteiger partial charge in [-0.2, -0.15) is 0 Å². The first-order chi connectivity index (χ1) is 10.9. The van der Waals surface area contributed by atoms with Crippen molar-refractivity contribution in [1.29, 1.82) is 0 Å². The topological polar surface area (TPSA) is 74.8 Å². The number of nitrogens with zero attached hydrogens (tertiary/aromatic N) is 1. The van der Waals surface area contributed by atoms with E-state index in [9.17, 15) is 4.79 Å². The number of hydrogen-bond acceptors (Lipinski definition) is 3. The van der Waals surface area contributed by atoms with Crippen molar-refractivity contribution in [2.75, 3.05) is 20.1 Å². The predicted octanol–water partition coefficient (Wildman–Crippen LogP) is 1.69. The zero-order chi connectivity index (χ0) is 16.9. The van der Waals surface area contributed by atoms with E-state index in [1.54, 1.807) is 7.05 Å². The smallest absolute Gasteiger partial charge is 0.239 e. The molecule has 1 atom stereocenters. The minimum Gasteiger partial charge on any atom is -0.488 e. The van der Waals surface area contributed by atoms with Crippen molar-refractivity contribution in [2.45, 2.75) is 38.8 Å². The van der Waals surface area contributed by atoms with Crippen molar-refractivity contribution in [3.8, 4) is 5.75 Å². The van der Waals surface area contributed by atoms with Gasteiger partial charge in [-0.15, -0.1) is 24.0 Å². The molecular formula is C17H27IN4O2. The van der Waals surface area contributed by atoms with Crippen LogP contribution in [0.5, 0.6) is 5.75 Å². The lowest BCUT2D eigenvalue weighted by Gasteiger charge is -2.21. The quantitative estimate of drug-likeness (QED) is 0.374. The van der Waals surface area contributed by atoms with Crippen LogP contribution in [-0.2, 0) is 11.2 Å². The summed E-state index contributed by atoms with van der Waals surface area (Å²) in [6.45, 7) is 6.67. The molecule has 0 aromatic heterocycles. The summed E-state index contributed by atoms with van der Waals surface area (Å²) in [4.78, 5) is 15.9. The van der Waals surface area contributed by atoms with E-state index >= 15 is 0 Å². The van der Waals surface area contributed by atoms with Gasteiger partial charge in [0.2, 0.25) is 5.91 Å². The monoisotopic (exact) mass is 446 g/mol. The number of carbonyl (C=O) groups is 1. The lowest BCUT2D eigenvalue weighted by Crippen LogP contribution is -2.49. The van der Waals surface area contributed by atoms with Gasteiger partial charge in [0, 0.05) is 19.0 Å². The number of ether oxygens (including phenoxy) is 1. The van der Waals surface area contributed by atoms with Crippen LogP contribution < -0.4 is 20.7 Å². The molecule has 24 heavy (non-hydrogen) atoms. The van der Waals surface area contributed by atoms with Gasteiger partial charge in [-0.3, -0.25) is 9.79 Å². The Balaban J connectivity index is 0.00000288. The van der Waals surface area contributed by atoms with Gasteiger partial charge in [-0.25, -0.2) is 0 Å². The third-order valence-corrected chi connectivity index (χ3v) is 3.37. The first kappa shape index (κ1) is 20.5. The molecule has 6 nitrogen and oxygen atoms in total. The molecule has 0 saturated heterocycles. The second-order valence-corrected chi connectivity index (χ2v) is 6.66. The Labute approximate surface area is 160 Å². The Kier molecular flexibility index (Phi) is 7.78. The number of rotatable bonds is 4. The second-order valence-electron chi connectivity index (χ2n) is 6.66. The molecule has 1 unspecified atom stereocenters. The second kappa shape index (κ2) is 9.10. The standard InChI is InChI=1S/C17H26N4O2.HI/c1-17(2,3)21-15(22)11-20-16(18-4)19-10-13-9-12-7-5-6-8-14(12)23-13;/h5-8,13H,9-11H2,1-4H3,(H,21,22)(H2,18,19,20);1H. The Bertz CT molecular complexity index is 559. The number of hydrogen-bond donors (Lipinski definition) is 3. The number of aliphatic imine (C=N–C) groups is 1. The lowest BCUT2D eigenvalue weighted by atomic mass is 10.1. The van der Waals surface area contributed by atoms with Crippen molar-refractivity contribution < 1.29 is 9.53 Å². The van der Waals surface area contributed by atoms with Gasteiger partial charge in [0.05, 0.1) is 13.1 Å². The molecule has 1 aromatic rings. The van der Waals surface area contributed by atoms with Crippen LogP contribution in [0.2, 0.25) is 0 Å². The number of nitrogens with one attached hydrogen (secondary N) is 3. The van der Waals surface area contributed by atoms with E-state index in [0.717, 1.165) is 12.2 Å². The third-order valence-electron chi connectivity index (χ3n) is 3.37. The summed E-state index contributed by atoms with van der Waals surface area (Å²) in [5.41, 5.74) is 0.992. The fraction of sp³-hybridized carbons (Fsp3) is 0.529. The number of carbonyl (C=O) groups excluding carboxylic acids is 1. The summed E-state index contributed by atoms with van der Waals surface area (Å²) in [5, 5.41) is 9.11. The Morgan fingerprint density at radius 3 is 2.62 bits per heavy atom. The number of guanidine groups is 1. The van der Waals surface area contributed by atoms with E-state index < -0.39 is 0 Å². The highest BCUT2D eigenvalue weighted by atomic mass is 127. The van der Waals surface area contributed by atoms with Gasteiger partial charge in [-0.05, 0) is 32.4 Å². The highest BCUT2D eigenvalue weighted by Gasteiger charge is 2.22. The molecular weight excluding hydrogens is 419 g/mol. The molecule has 0 saturated carbocycles. The first-order valence-electron chi connectivity index (χ1n) is 7.87. The maximum atomic E-state index is 11.8. The molecule has 1 heterocycles. The Morgan fingerprint density at radius 2 is 2.00 bits per heavy atom. The Morgan fingerprint density at radius 1 is 1.29 bits per heavy atom. The number of amides is 1. The molecule has 0 spiro atoms. The van der Waals surface area contributed by atoms with E-state index in [0.29, 0.717) is 12.5 Å². The van der Waals surface area contributed by atoms with Crippen molar-refractivity contribution in [3.63, 3.8) is 0 Å². The molecule has 0 fully saturated rings. The van der Waals surface area contributed by atoms with Crippen LogP contribution in [0.25, 0.3) is 0 Å². The number of fused-ring (bicyclic) bond motifs is 1. The highest BCUT2D eigenvalue weighted by molar-refractivity contribution is 14.0. The van der Waals surface area contributed by atoms with Crippen molar-refractivity contribution in [3.05, 3.63) is 29.8 Å². The first-order valence-corrected chi connectivity index (χ1v) is 7.87. The normalized spacial score (nSPS) is 16.5. The number of para-hydroxylation sites is 1. The van der Waals surface area contributed by atoms with Crippen LogP contribution in [0.1, 0.15) is 26.3 Å². The van der Waals surface area contributed by atoms with Gasteiger partial charge in [-0.1, -0.05) is 18.2 Å². The lowest BCUT2D eigenvalue weighted by molar-refractivity contribution is -0.121. The molecule has 3 N–H and O–H groups in total. The zero-order valence-corrected chi connectivity index (χ0v) is 17.0. The fourth-order valence-electron chi connectivity index (χ4n) is 2.43. The van der Waals surface area contributed by atoms with Gasteiger partial charge in [0.1, 0.15) is 11.9 Å². The zero-order valence-electron chi connectivity index (χ0n) is 14.7. The molecule has 2 rings (SSSR count). The van der Waals surface area contributed by atoms with Crippen molar-refractivity contribution >= 4 is 35.8 Å². The van der Waals surface area contributed by atoms with E-state index in [2.05, 4.69) is 27.0 Å². The van der Waals surface area contributed by atoms with Gasteiger partial charge < -0.3 is 20.7 Å². The maximum absolute atomic E-state index is 11.8. The summed E-state index contributed by atoms with van der Waals surface area (Å²) in [6, 6.07) is 8.06. The summed E-state index contributed by atoms with van der Waals surface area (Å²) < 4.78 is 5.87. The third kappa shape index (κ3) is 6.54. The molecule has 1 amide bonds. The van der Waals surface area contributed by atoms with Gasteiger partial charge in [0.15, 0.2) is 5.96 Å². The van der Waals surface area contributed by atoms with E-state index in [1.807, 2.05) is 39.0 Å². The molecule has 0 bridgehead atoms. The number of benzene rings is 1. The van der Waals surface area contributed by atoms with Crippen LogP contribution in [0.4, 0.5) is 0 Å². The Hall–Kier alpha value is -1.51. The largest absolute Gasteiger partial charge is 0.488 e. The van der Waals surface area contributed by atoms with E-state index in [1.165, 1.54) is 5.56 Å². The summed E-state index contributed by atoms with van der Waals surface area (Å²) in [5.74, 6) is 1.48. The molecule has 134 valence electrons. The van der Waals surface area contributed by atoms with E-state index in [-0.39, 0.29) is 48.1 Å². The van der Waals surface area contributed by atoms with E-state index in [4.69, 9.17) is 4.74 Å². The molecule has 0 radical (unpaired) electrons. The number of halogens is 1. The molecule has 1 aliphatic heterocycles. The molecule has 1 aromatic carbocycles. The van der Waals surface area contributed by atoms with Crippen LogP contribution >= 0.6 is 24.0 Å². The van der Waals surface area contributed by atoms with Crippen LogP contribution in [0.3, 0.4) is 0 Å². The molecule has 1 aliphatic rings. The predicted molar refractivity (Wildman–Crippen MR) is 107 cm³/mol. The SMILES string of the molecule is CN=C(NCC(=O)NC(C)(C)C)NCC1Cc2ccccc2O1.I. The van der Waals surface area contributed by atoms with Crippen LogP contribution in [0, 0.1) is 0 Å². The van der Waals surface area contributed by atoms with Crippen LogP contribution in [0.15, 0.2) is 29.3 Å².